The van der Waals surface area contributed by atoms with Crippen LogP contribution in [0, 0.1) is 0 Å². The maximum atomic E-state index is 5.27. The maximum absolute atomic E-state index is 5.27. The monoisotopic (exact) mass is 441 g/mol. The van der Waals surface area contributed by atoms with Crippen LogP contribution in [0.1, 0.15) is 20.3 Å². The SMILES string of the molecule is CCC(C)N(C)CCNC(=NC)N1CCN(c2ncc(Br)c(OC)n2)CC1. The highest BCUT2D eigenvalue weighted by Gasteiger charge is 2.22. The van der Waals surface area contributed by atoms with Gasteiger partial charge in [0, 0.05) is 52.4 Å². The molecule has 9 heteroatoms. The number of hydrogen-bond acceptors (Lipinski definition) is 6. The Bertz CT molecular complexity index is 620. The molecule has 2 heterocycles. The van der Waals surface area contributed by atoms with Crippen molar-refractivity contribution in [2.45, 2.75) is 26.3 Å². The molecule has 0 aromatic carbocycles. The second kappa shape index (κ2) is 10.7. The van der Waals surface area contributed by atoms with Crippen molar-refractivity contribution < 1.29 is 4.74 Å². The Morgan fingerprint density at radius 2 is 2.11 bits per heavy atom. The van der Waals surface area contributed by atoms with Crippen molar-refractivity contribution in [3.8, 4) is 5.88 Å². The van der Waals surface area contributed by atoms with Gasteiger partial charge >= 0.3 is 0 Å². The van der Waals surface area contributed by atoms with E-state index in [9.17, 15) is 0 Å². The second-order valence-electron chi connectivity index (χ2n) is 6.71. The Hall–Kier alpha value is -1.61. The van der Waals surface area contributed by atoms with Gasteiger partial charge in [-0.1, -0.05) is 6.92 Å². The van der Waals surface area contributed by atoms with Gasteiger partial charge in [0.15, 0.2) is 5.96 Å². The van der Waals surface area contributed by atoms with Gasteiger partial charge < -0.3 is 24.8 Å². The molecule has 1 atom stereocenters. The summed E-state index contributed by atoms with van der Waals surface area (Å²) in [5, 5.41) is 3.49. The summed E-state index contributed by atoms with van der Waals surface area (Å²) < 4.78 is 6.04. The highest BCUT2D eigenvalue weighted by Crippen LogP contribution is 2.23. The van der Waals surface area contributed by atoms with Crippen LogP contribution in [-0.2, 0) is 0 Å². The van der Waals surface area contributed by atoms with Gasteiger partial charge in [-0.05, 0) is 36.3 Å². The Morgan fingerprint density at radius 3 is 2.70 bits per heavy atom. The van der Waals surface area contributed by atoms with Crippen LogP contribution >= 0.6 is 15.9 Å². The lowest BCUT2D eigenvalue weighted by atomic mass is 10.2. The van der Waals surface area contributed by atoms with Crippen LogP contribution in [-0.4, -0.2) is 92.2 Å². The first-order chi connectivity index (χ1) is 13.0. The van der Waals surface area contributed by atoms with Gasteiger partial charge in [0.05, 0.1) is 17.8 Å². The van der Waals surface area contributed by atoms with Crippen molar-refractivity contribution in [3.63, 3.8) is 0 Å². The summed E-state index contributed by atoms with van der Waals surface area (Å²) in [6.45, 7) is 9.81. The van der Waals surface area contributed by atoms with Crippen LogP contribution in [0.15, 0.2) is 15.7 Å². The van der Waals surface area contributed by atoms with Crippen LogP contribution in [0.25, 0.3) is 0 Å². The third-order valence-corrected chi connectivity index (χ3v) is 5.60. The standard InChI is InChI=1S/C18H32BrN7O/c1-6-14(2)24(4)8-7-21-17(20-3)25-9-11-26(12-10-25)18-22-13-15(19)16(23-18)27-5/h13-14H,6-12H2,1-5H3,(H,20,21). The highest BCUT2D eigenvalue weighted by atomic mass is 79.9. The van der Waals surface area contributed by atoms with Gasteiger partial charge in [-0.3, -0.25) is 4.99 Å². The molecule has 1 aliphatic heterocycles. The molecule has 1 N–H and O–H groups in total. The van der Waals surface area contributed by atoms with Gasteiger partial charge in [0.25, 0.3) is 0 Å². The number of anilines is 1. The minimum Gasteiger partial charge on any atom is -0.480 e. The number of hydrogen-bond donors (Lipinski definition) is 1. The highest BCUT2D eigenvalue weighted by molar-refractivity contribution is 9.10. The average molecular weight is 442 g/mol. The Labute approximate surface area is 171 Å². The zero-order valence-corrected chi connectivity index (χ0v) is 18.7. The molecule has 1 aliphatic rings. The van der Waals surface area contributed by atoms with E-state index in [0.29, 0.717) is 17.9 Å². The summed E-state index contributed by atoms with van der Waals surface area (Å²) in [4.78, 5) is 20.2. The van der Waals surface area contributed by atoms with Crippen LogP contribution in [0.4, 0.5) is 5.95 Å². The average Bonchev–Trinajstić information content (AvgIpc) is 2.71. The zero-order valence-electron chi connectivity index (χ0n) is 17.1. The second-order valence-corrected chi connectivity index (χ2v) is 7.57. The van der Waals surface area contributed by atoms with Crippen molar-refractivity contribution >= 4 is 27.8 Å². The van der Waals surface area contributed by atoms with Crippen molar-refractivity contribution in [2.24, 2.45) is 4.99 Å². The van der Waals surface area contributed by atoms with Gasteiger partial charge in [-0.2, -0.15) is 4.98 Å². The number of nitrogens with zero attached hydrogens (tertiary/aromatic N) is 6. The van der Waals surface area contributed by atoms with Crippen molar-refractivity contribution in [2.75, 3.05) is 65.4 Å². The molecular formula is C18H32BrN7O. The van der Waals surface area contributed by atoms with Gasteiger partial charge in [0.1, 0.15) is 0 Å². The largest absolute Gasteiger partial charge is 0.480 e. The van der Waals surface area contributed by atoms with Crippen molar-refractivity contribution in [1.82, 2.24) is 25.1 Å². The lowest BCUT2D eigenvalue weighted by Crippen LogP contribution is -2.53. The van der Waals surface area contributed by atoms with Crippen LogP contribution in [0.2, 0.25) is 0 Å². The van der Waals surface area contributed by atoms with E-state index in [0.717, 1.165) is 56.1 Å². The molecule has 0 saturated carbocycles. The molecule has 1 fully saturated rings. The molecule has 1 saturated heterocycles. The van der Waals surface area contributed by atoms with Crippen LogP contribution < -0.4 is 15.0 Å². The van der Waals surface area contributed by atoms with E-state index in [4.69, 9.17) is 4.74 Å². The quantitative estimate of drug-likeness (QED) is 0.509. The third-order valence-electron chi connectivity index (χ3n) is 5.06. The molecule has 1 aromatic heterocycles. The first-order valence-corrected chi connectivity index (χ1v) is 10.3. The molecule has 0 amide bonds. The molecule has 0 aliphatic carbocycles. The summed E-state index contributed by atoms with van der Waals surface area (Å²) in [6, 6.07) is 0.597. The first-order valence-electron chi connectivity index (χ1n) is 9.47. The molecule has 152 valence electrons. The fourth-order valence-corrected chi connectivity index (χ4v) is 3.32. The summed E-state index contributed by atoms with van der Waals surface area (Å²) in [6.07, 6.45) is 2.90. The summed E-state index contributed by atoms with van der Waals surface area (Å²) in [5.74, 6) is 2.22. The predicted octanol–water partition coefficient (Wildman–Crippen LogP) is 1.68. The van der Waals surface area contributed by atoms with Gasteiger partial charge in [-0.25, -0.2) is 4.98 Å². The van der Waals surface area contributed by atoms with E-state index in [1.807, 2.05) is 7.05 Å². The van der Waals surface area contributed by atoms with E-state index in [1.165, 1.54) is 0 Å². The Balaban J connectivity index is 1.84. The van der Waals surface area contributed by atoms with E-state index in [2.05, 4.69) is 71.8 Å². The van der Waals surface area contributed by atoms with Crippen LogP contribution in [0.3, 0.4) is 0 Å². The number of methoxy groups -OCH3 is 1. The Kier molecular flexibility index (Phi) is 8.56. The fraction of sp³-hybridized carbons (Fsp3) is 0.722. The summed E-state index contributed by atoms with van der Waals surface area (Å²) in [7, 11) is 5.63. The number of guanidine groups is 1. The fourth-order valence-electron chi connectivity index (χ4n) is 2.96. The number of piperazine rings is 1. The normalized spacial score (nSPS) is 16.6. The lowest BCUT2D eigenvalue weighted by Gasteiger charge is -2.36. The minimum absolute atomic E-state index is 0.560. The zero-order chi connectivity index (χ0) is 19.8. The van der Waals surface area contributed by atoms with Crippen molar-refractivity contribution in [1.29, 1.82) is 0 Å². The number of likely N-dealkylation sites (N-methyl/N-ethyl adjacent to an activating group) is 1. The molecule has 27 heavy (non-hydrogen) atoms. The number of aliphatic imine (C=N–C) groups is 1. The van der Waals surface area contributed by atoms with Gasteiger partial charge in [0.2, 0.25) is 11.8 Å². The molecule has 2 rings (SSSR count). The number of halogens is 1. The summed E-state index contributed by atoms with van der Waals surface area (Å²) >= 11 is 3.40. The smallest absolute Gasteiger partial charge is 0.232 e. The van der Waals surface area contributed by atoms with Gasteiger partial charge in [-0.15, -0.1) is 0 Å². The number of ether oxygens (including phenoxy) is 1. The topological polar surface area (TPSA) is 69.1 Å². The van der Waals surface area contributed by atoms with E-state index >= 15 is 0 Å². The molecule has 0 bridgehead atoms. The maximum Gasteiger partial charge on any atom is 0.232 e. The third kappa shape index (κ3) is 5.93. The number of aromatic nitrogens is 2. The van der Waals surface area contributed by atoms with Crippen LogP contribution in [0.5, 0.6) is 5.88 Å². The minimum atomic E-state index is 0.560. The molecule has 8 nitrogen and oxygen atoms in total. The predicted molar refractivity (Wildman–Crippen MR) is 114 cm³/mol. The Morgan fingerprint density at radius 1 is 1.41 bits per heavy atom. The number of rotatable bonds is 7. The molecule has 0 spiro atoms. The molecular weight excluding hydrogens is 410 g/mol. The van der Waals surface area contributed by atoms with E-state index < -0.39 is 0 Å². The molecule has 1 unspecified atom stereocenters. The number of nitrogens with one attached hydrogen (secondary N) is 1. The van der Waals surface area contributed by atoms with E-state index in [-0.39, 0.29) is 0 Å². The lowest BCUT2D eigenvalue weighted by molar-refractivity contribution is 0.254. The summed E-state index contributed by atoms with van der Waals surface area (Å²) in [5.41, 5.74) is 0. The van der Waals surface area contributed by atoms with E-state index in [1.54, 1.807) is 13.3 Å². The van der Waals surface area contributed by atoms with Crippen molar-refractivity contribution in [3.05, 3.63) is 10.7 Å². The molecule has 1 aromatic rings. The first kappa shape index (κ1) is 21.7. The molecule has 0 radical (unpaired) electrons.